The molecule has 50 heavy (non-hydrogen) atoms. The summed E-state index contributed by atoms with van der Waals surface area (Å²) in [7, 11) is 0. The van der Waals surface area contributed by atoms with Crippen LogP contribution in [0.15, 0.2) is 146 Å². The second kappa shape index (κ2) is 10.7. The van der Waals surface area contributed by atoms with Gasteiger partial charge in [0.25, 0.3) is 0 Å². The first-order valence-corrected chi connectivity index (χ1v) is 18.5. The van der Waals surface area contributed by atoms with E-state index in [0.717, 1.165) is 43.7 Å². The van der Waals surface area contributed by atoms with E-state index in [1.807, 2.05) is 17.4 Å². The van der Waals surface area contributed by atoms with Crippen LogP contribution < -0.4 is 0 Å². The van der Waals surface area contributed by atoms with Crippen molar-refractivity contribution in [3.05, 3.63) is 151 Å². The van der Waals surface area contributed by atoms with Crippen LogP contribution in [0.1, 0.15) is 0 Å². The number of thiophene rings is 2. The van der Waals surface area contributed by atoms with Crippen LogP contribution in [0.3, 0.4) is 0 Å². The molecule has 0 N–H and O–H groups in total. The zero-order valence-electron chi connectivity index (χ0n) is 26.4. The Bertz CT molecular complexity index is 3150. The van der Waals surface area contributed by atoms with Crippen molar-refractivity contribution >= 4 is 107 Å². The zero-order chi connectivity index (χ0) is 32.9. The first kappa shape index (κ1) is 28.3. The third-order valence-corrected chi connectivity index (χ3v) is 12.5. The van der Waals surface area contributed by atoms with Gasteiger partial charge in [-0.15, -0.1) is 22.7 Å². The lowest BCUT2D eigenvalue weighted by Gasteiger charge is -2.12. The molecule has 0 spiro atoms. The van der Waals surface area contributed by atoms with Crippen LogP contribution in [0.4, 0.5) is 0 Å². The lowest BCUT2D eigenvalue weighted by atomic mass is 9.99. The third-order valence-electron chi connectivity index (χ3n) is 9.96. The molecule has 0 atom stereocenters. The Labute approximate surface area is 299 Å². The molecule has 0 saturated carbocycles. The van der Waals surface area contributed by atoms with Crippen molar-refractivity contribution < 1.29 is 0 Å². The summed E-state index contributed by atoms with van der Waals surface area (Å²) in [6.07, 6.45) is 0. The molecular weight excluding hydrogens is 670 g/mol. The summed E-state index contributed by atoms with van der Waals surface area (Å²) in [5, 5.41) is 9.20. The number of para-hydroxylation sites is 1. The number of nitrogens with zero attached hydrogens (tertiary/aromatic N) is 3. The van der Waals surface area contributed by atoms with E-state index >= 15 is 0 Å². The topological polar surface area (TPSA) is 30.7 Å². The Kier molecular flexibility index (Phi) is 6.05. The molecule has 0 aliphatic heterocycles. The van der Waals surface area contributed by atoms with Gasteiger partial charge in [0.1, 0.15) is 0 Å². The number of hydrogen-bond donors (Lipinski definition) is 0. The molecule has 0 fully saturated rings. The van der Waals surface area contributed by atoms with E-state index in [1.165, 1.54) is 57.5 Å². The summed E-state index contributed by atoms with van der Waals surface area (Å²) in [6.45, 7) is 0. The molecule has 0 unspecified atom stereocenters. The molecule has 0 aliphatic rings. The molecular formula is C44H24ClN3S2. The second-order valence-electron chi connectivity index (χ2n) is 12.7. The van der Waals surface area contributed by atoms with Crippen molar-refractivity contribution in [2.75, 3.05) is 0 Å². The standard InChI is InChI=1S/C44H24ClN3S2/c45-44-46-39(43-40(47-44)33-13-5-8-16-36(33)50-43)27-19-17-25(18-20-27)26-21-23-28(24-22-26)48-34-14-6-3-11-31(34)37-29-9-1-2-10-30(29)42-38(41(37)48)32-12-4-7-15-35(32)49-42/h1-24H. The van der Waals surface area contributed by atoms with Crippen molar-refractivity contribution in [3.8, 4) is 28.1 Å². The molecule has 0 radical (unpaired) electrons. The van der Waals surface area contributed by atoms with Gasteiger partial charge in [-0.3, -0.25) is 0 Å². The molecule has 7 aromatic carbocycles. The van der Waals surface area contributed by atoms with Crippen LogP contribution in [0.25, 0.3) is 101 Å². The van der Waals surface area contributed by atoms with Gasteiger partial charge >= 0.3 is 0 Å². The maximum atomic E-state index is 6.45. The Morgan fingerprint density at radius 1 is 0.460 bits per heavy atom. The van der Waals surface area contributed by atoms with Gasteiger partial charge in [0.15, 0.2) is 0 Å². The first-order valence-electron chi connectivity index (χ1n) is 16.5. The second-order valence-corrected chi connectivity index (χ2v) is 15.1. The molecule has 0 amide bonds. The number of hydrogen-bond acceptors (Lipinski definition) is 4. The first-order chi connectivity index (χ1) is 24.7. The summed E-state index contributed by atoms with van der Waals surface area (Å²) in [5.41, 5.74) is 8.73. The highest BCUT2D eigenvalue weighted by atomic mass is 35.5. The average Bonchev–Trinajstić information content (AvgIpc) is 3.85. The predicted molar refractivity (Wildman–Crippen MR) is 216 cm³/mol. The van der Waals surface area contributed by atoms with Crippen molar-refractivity contribution in [2.24, 2.45) is 0 Å². The molecule has 0 saturated heterocycles. The van der Waals surface area contributed by atoms with Crippen molar-refractivity contribution in [1.29, 1.82) is 0 Å². The van der Waals surface area contributed by atoms with Gasteiger partial charge in [-0.2, -0.15) is 0 Å². The fraction of sp³-hybridized carbons (Fsp3) is 0. The summed E-state index contributed by atoms with van der Waals surface area (Å²) >= 11 is 10.1. The lowest BCUT2D eigenvalue weighted by Crippen LogP contribution is -1.94. The summed E-state index contributed by atoms with van der Waals surface area (Å²) < 4.78 is 7.36. The van der Waals surface area contributed by atoms with Gasteiger partial charge in [0.2, 0.25) is 5.28 Å². The SMILES string of the molecule is Clc1nc(-c2ccc(-c3ccc(-n4c5ccccc5c5c6ccccc6c6sc7ccccc7c6c54)cc3)cc2)c2sc3ccccc3c2n1. The van der Waals surface area contributed by atoms with Crippen molar-refractivity contribution in [2.45, 2.75) is 0 Å². The van der Waals surface area contributed by atoms with Crippen LogP contribution >= 0.6 is 34.3 Å². The van der Waals surface area contributed by atoms with Crippen molar-refractivity contribution in [1.82, 2.24) is 14.5 Å². The van der Waals surface area contributed by atoms with Crippen LogP contribution in [0.2, 0.25) is 5.28 Å². The van der Waals surface area contributed by atoms with Crippen molar-refractivity contribution in [3.63, 3.8) is 0 Å². The van der Waals surface area contributed by atoms with Gasteiger partial charge in [0.05, 0.1) is 26.9 Å². The summed E-state index contributed by atoms with van der Waals surface area (Å²) in [4.78, 5) is 9.27. The maximum absolute atomic E-state index is 6.45. The number of fused-ring (bicyclic) bond motifs is 13. The summed E-state index contributed by atoms with van der Waals surface area (Å²) in [5.74, 6) is 0. The number of benzene rings is 7. The molecule has 3 nitrogen and oxygen atoms in total. The highest BCUT2D eigenvalue weighted by molar-refractivity contribution is 7.27. The molecule has 4 aromatic heterocycles. The fourth-order valence-corrected chi connectivity index (χ4v) is 10.3. The third kappa shape index (κ3) is 4.03. The minimum absolute atomic E-state index is 0.265. The van der Waals surface area contributed by atoms with Crippen LogP contribution in [-0.2, 0) is 0 Å². The maximum Gasteiger partial charge on any atom is 0.223 e. The van der Waals surface area contributed by atoms with Gasteiger partial charge in [-0.05, 0) is 58.4 Å². The van der Waals surface area contributed by atoms with E-state index in [2.05, 4.69) is 154 Å². The number of rotatable bonds is 3. The highest BCUT2D eigenvalue weighted by Crippen LogP contribution is 2.48. The largest absolute Gasteiger partial charge is 0.309 e. The zero-order valence-corrected chi connectivity index (χ0v) is 28.8. The number of aromatic nitrogens is 3. The molecule has 11 rings (SSSR count). The van der Waals surface area contributed by atoms with Crippen LogP contribution in [0, 0.1) is 0 Å². The molecule has 0 aliphatic carbocycles. The minimum atomic E-state index is 0.265. The molecule has 4 heterocycles. The highest BCUT2D eigenvalue weighted by Gasteiger charge is 2.22. The monoisotopic (exact) mass is 693 g/mol. The smallest absolute Gasteiger partial charge is 0.223 e. The van der Waals surface area contributed by atoms with E-state index in [-0.39, 0.29) is 5.28 Å². The van der Waals surface area contributed by atoms with Gasteiger partial charge in [-0.25, -0.2) is 9.97 Å². The molecule has 0 bridgehead atoms. The van der Waals surface area contributed by atoms with Gasteiger partial charge < -0.3 is 4.57 Å². The predicted octanol–water partition coefficient (Wildman–Crippen LogP) is 13.5. The van der Waals surface area contributed by atoms with E-state index in [0.29, 0.717) is 0 Å². The Morgan fingerprint density at radius 2 is 1.02 bits per heavy atom. The van der Waals surface area contributed by atoms with E-state index in [9.17, 15) is 0 Å². The molecule has 11 aromatic rings. The van der Waals surface area contributed by atoms with Gasteiger partial charge in [-0.1, -0.05) is 115 Å². The van der Waals surface area contributed by atoms with Gasteiger partial charge in [0, 0.05) is 57.7 Å². The van der Waals surface area contributed by atoms with Crippen LogP contribution in [-0.4, -0.2) is 14.5 Å². The van der Waals surface area contributed by atoms with E-state index < -0.39 is 0 Å². The quantitative estimate of drug-likeness (QED) is 0.172. The fourth-order valence-electron chi connectivity index (χ4n) is 7.77. The Hall–Kier alpha value is -5.59. The minimum Gasteiger partial charge on any atom is -0.309 e. The molecule has 6 heteroatoms. The normalized spacial score (nSPS) is 12.1. The number of halogens is 1. The lowest BCUT2D eigenvalue weighted by molar-refractivity contribution is 1.19. The summed E-state index contributed by atoms with van der Waals surface area (Å²) in [6, 6.07) is 52.5. The van der Waals surface area contributed by atoms with E-state index in [4.69, 9.17) is 11.6 Å². The van der Waals surface area contributed by atoms with Crippen LogP contribution in [0.5, 0.6) is 0 Å². The Morgan fingerprint density at radius 3 is 1.78 bits per heavy atom. The Balaban J connectivity index is 1.07. The average molecular weight is 694 g/mol. The van der Waals surface area contributed by atoms with E-state index in [1.54, 1.807) is 11.3 Å². The molecule has 234 valence electrons.